The average Bonchev–Trinajstić information content (AvgIpc) is 2.46. The molecule has 10 heavy (non-hydrogen) atoms. The highest BCUT2D eigenvalue weighted by Crippen LogP contribution is 2.34. The van der Waals surface area contributed by atoms with Crippen LogP contribution in [0, 0.1) is 5.41 Å². The van der Waals surface area contributed by atoms with Crippen molar-refractivity contribution in [3.8, 4) is 0 Å². The lowest BCUT2D eigenvalue weighted by Gasteiger charge is -2.15. The molecule has 2 saturated heterocycles. The lowest BCUT2D eigenvalue weighted by Crippen LogP contribution is -2.23. The molecule has 3 nitrogen and oxygen atoms in total. The first-order valence-electron chi connectivity index (χ1n) is 3.65. The summed E-state index contributed by atoms with van der Waals surface area (Å²) in [6.07, 6.45) is 1.72. The predicted molar refractivity (Wildman–Crippen MR) is 35.5 cm³/mol. The summed E-state index contributed by atoms with van der Waals surface area (Å²) in [7, 11) is 0. The molecule has 1 atom stereocenters. The SMILES string of the molecule is O=C1CC2(CCOC2)CN1. The van der Waals surface area contributed by atoms with Gasteiger partial charge in [-0.3, -0.25) is 4.79 Å². The van der Waals surface area contributed by atoms with E-state index in [0.29, 0.717) is 6.42 Å². The van der Waals surface area contributed by atoms with E-state index in [0.717, 1.165) is 26.2 Å². The zero-order chi connectivity index (χ0) is 7.03. The van der Waals surface area contributed by atoms with Gasteiger partial charge in [0.2, 0.25) is 5.91 Å². The maximum absolute atomic E-state index is 10.8. The average molecular weight is 141 g/mol. The van der Waals surface area contributed by atoms with Crippen LogP contribution in [0.2, 0.25) is 0 Å². The van der Waals surface area contributed by atoms with E-state index in [1.165, 1.54) is 0 Å². The molecule has 0 aliphatic carbocycles. The van der Waals surface area contributed by atoms with Crippen LogP contribution in [-0.2, 0) is 9.53 Å². The molecule has 0 aromatic rings. The van der Waals surface area contributed by atoms with Crippen molar-refractivity contribution in [2.24, 2.45) is 5.41 Å². The molecule has 3 heteroatoms. The van der Waals surface area contributed by atoms with Gasteiger partial charge in [-0.1, -0.05) is 0 Å². The third kappa shape index (κ3) is 0.814. The third-order valence-electron chi connectivity index (χ3n) is 2.38. The van der Waals surface area contributed by atoms with Gasteiger partial charge in [-0.2, -0.15) is 0 Å². The second kappa shape index (κ2) is 1.95. The van der Waals surface area contributed by atoms with E-state index in [9.17, 15) is 4.79 Å². The number of carbonyl (C=O) groups is 1. The highest BCUT2D eigenvalue weighted by atomic mass is 16.5. The van der Waals surface area contributed by atoms with E-state index in [1.807, 2.05) is 0 Å². The Hall–Kier alpha value is -0.570. The Bertz CT molecular complexity index is 161. The molecule has 0 bridgehead atoms. The molecule has 1 amide bonds. The smallest absolute Gasteiger partial charge is 0.220 e. The summed E-state index contributed by atoms with van der Waals surface area (Å²) >= 11 is 0. The van der Waals surface area contributed by atoms with Crippen molar-refractivity contribution >= 4 is 5.91 Å². The highest BCUT2D eigenvalue weighted by Gasteiger charge is 2.41. The molecule has 2 aliphatic heterocycles. The standard InChI is InChI=1S/C7H11NO2/c9-6-3-7(4-8-6)1-2-10-5-7/h1-5H2,(H,8,9). The molecule has 0 saturated carbocycles. The Morgan fingerprint density at radius 1 is 1.60 bits per heavy atom. The fraction of sp³-hybridized carbons (Fsp3) is 0.857. The monoisotopic (exact) mass is 141 g/mol. The molecule has 0 aromatic carbocycles. The second-order valence-electron chi connectivity index (χ2n) is 3.26. The van der Waals surface area contributed by atoms with Crippen LogP contribution < -0.4 is 5.32 Å². The number of hydrogen-bond donors (Lipinski definition) is 1. The van der Waals surface area contributed by atoms with Crippen molar-refractivity contribution in [1.82, 2.24) is 5.32 Å². The number of amides is 1. The Kier molecular flexibility index (Phi) is 1.20. The molecule has 56 valence electrons. The van der Waals surface area contributed by atoms with Crippen LogP contribution in [0.25, 0.3) is 0 Å². The Labute approximate surface area is 59.7 Å². The molecule has 1 spiro atoms. The Balaban J connectivity index is 2.09. The van der Waals surface area contributed by atoms with Crippen molar-refractivity contribution in [1.29, 1.82) is 0 Å². The van der Waals surface area contributed by atoms with Crippen LogP contribution in [0.15, 0.2) is 0 Å². The summed E-state index contributed by atoms with van der Waals surface area (Å²) in [4.78, 5) is 10.8. The number of carbonyl (C=O) groups excluding carboxylic acids is 1. The summed E-state index contributed by atoms with van der Waals surface area (Å²) < 4.78 is 5.24. The van der Waals surface area contributed by atoms with Crippen LogP contribution >= 0.6 is 0 Å². The van der Waals surface area contributed by atoms with E-state index in [4.69, 9.17) is 4.74 Å². The first kappa shape index (κ1) is 6.16. The Morgan fingerprint density at radius 2 is 2.50 bits per heavy atom. The van der Waals surface area contributed by atoms with Crippen LogP contribution in [-0.4, -0.2) is 25.7 Å². The first-order valence-corrected chi connectivity index (χ1v) is 3.65. The number of ether oxygens (including phenoxy) is 1. The first-order chi connectivity index (χ1) is 4.81. The third-order valence-corrected chi connectivity index (χ3v) is 2.38. The van der Waals surface area contributed by atoms with Gasteiger partial charge in [0.1, 0.15) is 0 Å². The van der Waals surface area contributed by atoms with Gasteiger partial charge >= 0.3 is 0 Å². The van der Waals surface area contributed by atoms with E-state index < -0.39 is 0 Å². The normalized spacial score (nSPS) is 39.0. The number of rotatable bonds is 0. The number of hydrogen-bond acceptors (Lipinski definition) is 2. The highest BCUT2D eigenvalue weighted by molar-refractivity contribution is 5.79. The Morgan fingerprint density at radius 3 is 3.00 bits per heavy atom. The molecular formula is C7H11NO2. The largest absolute Gasteiger partial charge is 0.381 e. The van der Waals surface area contributed by atoms with Gasteiger partial charge < -0.3 is 10.1 Å². The maximum atomic E-state index is 10.8. The van der Waals surface area contributed by atoms with Crippen molar-refractivity contribution in [3.63, 3.8) is 0 Å². The van der Waals surface area contributed by atoms with Crippen LogP contribution in [0.3, 0.4) is 0 Å². The molecule has 2 fully saturated rings. The van der Waals surface area contributed by atoms with Gasteiger partial charge in [0.05, 0.1) is 6.61 Å². The minimum atomic E-state index is 0.178. The van der Waals surface area contributed by atoms with Gasteiger partial charge in [-0.25, -0.2) is 0 Å². The van der Waals surface area contributed by atoms with Gasteiger partial charge in [0.15, 0.2) is 0 Å². The fourth-order valence-electron chi connectivity index (χ4n) is 1.68. The van der Waals surface area contributed by atoms with Crippen molar-refractivity contribution in [3.05, 3.63) is 0 Å². The van der Waals surface area contributed by atoms with Gasteiger partial charge in [-0.15, -0.1) is 0 Å². The van der Waals surface area contributed by atoms with E-state index in [1.54, 1.807) is 0 Å². The van der Waals surface area contributed by atoms with Crippen LogP contribution in [0.5, 0.6) is 0 Å². The molecule has 1 unspecified atom stereocenters. The summed E-state index contributed by atoms with van der Waals surface area (Å²) in [6, 6.07) is 0. The molecule has 1 N–H and O–H groups in total. The van der Waals surface area contributed by atoms with Crippen molar-refractivity contribution in [2.45, 2.75) is 12.8 Å². The molecule has 2 rings (SSSR count). The molecule has 0 aromatic heterocycles. The quantitative estimate of drug-likeness (QED) is 0.512. The van der Waals surface area contributed by atoms with E-state index >= 15 is 0 Å². The summed E-state index contributed by atoms with van der Waals surface area (Å²) in [5.41, 5.74) is 0.178. The predicted octanol–water partition coefficient (Wildman–Crippen LogP) is -0.0870. The van der Waals surface area contributed by atoms with Gasteiger partial charge in [0.25, 0.3) is 0 Å². The molecule has 0 radical (unpaired) electrons. The minimum Gasteiger partial charge on any atom is -0.381 e. The van der Waals surface area contributed by atoms with Crippen LogP contribution in [0.4, 0.5) is 0 Å². The summed E-state index contributed by atoms with van der Waals surface area (Å²) in [5, 5.41) is 2.83. The zero-order valence-corrected chi connectivity index (χ0v) is 5.85. The second-order valence-corrected chi connectivity index (χ2v) is 3.26. The van der Waals surface area contributed by atoms with Gasteiger partial charge in [-0.05, 0) is 6.42 Å². The number of nitrogens with one attached hydrogen (secondary N) is 1. The maximum Gasteiger partial charge on any atom is 0.220 e. The van der Waals surface area contributed by atoms with Crippen LogP contribution in [0.1, 0.15) is 12.8 Å². The lowest BCUT2D eigenvalue weighted by atomic mass is 9.87. The summed E-state index contributed by atoms with van der Waals surface area (Å²) in [6.45, 7) is 2.42. The van der Waals surface area contributed by atoms with Crippen molar-refractivity contribution in [2.75, 3.05) is 19.8 Å². The molecule has 2 heterocycles. The summed E-state index contributed by atoms with van der Waals surface area (Å²) in [5.74, 6) is 0.186. The lowest BCUT2D eigenvalue weighted by molar-refractivity contribution is -0.119. The van der Waals surface area contributed by atoms with Gasteiger partial charge in [0, 0.05) is 25.0 Å². The molecular weight excluding hydrogens is 130 g/mol. The topological polar surface area (TPSA) is 38.3 Å². The minimum absolute atomic E-state index is 0.178. The fourth-order valence-corrected chi connectivity index (χ4v) is 1.68. The van der Waals surface area contributed by atoms with E-state index in [-0.39, 0.29) is 11.3 Å². The van der Waals surface area contributed by atoms with Crippen molar-refractivity contribution < 1.29 is 9.53 Å². The molecule has 2 aliphatic rings. The van der Waals surface area contributed by atoms with E-state index in [2.05, 4.69) is 5.32 Å². The zero-order valence-electron chi connectivity index (χ0n) is 5.85.